The molecule has 0 aliphatic heterocycles. The lowest BCUT2D eigenvalue weighted by atomic mass is 9.89. The van der Waals surface area contributed by atoms with Crippen LogP contribution in [0.1, 0.15) is 40.0 Å². The summed E-state index contributed by atoms with van der Waals surface area (Å²) in [7, 11) is -4.12. The van der Waals surface area contributed by atoms with Gasteiger partial charge < -0.3 is 9.87 Å². The maximum atomic E-state index is 11.6. The van der Waals surface area contributed by atoms with Crippen molar-refractivity contribution in [2.24, 2.45) is 5.41 Å². The Labute approximate surface area is 97.4 Å². The van der Waals surface area contributed by atoms with E-state index in [1.54, 1.807) is 0 Å². The summed E-state index contributed by atoms with van der Waals surface area (Å²) in [6.45, 7) is 6.05. The van der Waals surface area contributed by atoms with Crippen LogP contribution >= 0.6 is 0 Å². The number of nitrogens with one attached hydrogen (secondary N) is 1. The number of hydrogen-bond donors (Lipinski definition) is 1. The molecule has 1 N–H and O–H groups in total. The summed E-state index contributed by atoms with van der Waals surface area (Å²) < 4.78 is 30.9. The standard InChI is InChI=1S/C10H21NO4S/c1-4-10(2,3)9(12)11-7-5-6-8-16(13,14)15/h4-8H2,1-3H3,(H,11,12)(H,13,14,15)/p-1. The van der Waals surface area contributed by atoms with Crippen LogP contribution in [0.2, 0.25) is 0 Å². The average Bonchev–Trinajstić information content (AvgIpc) is 2.15. The van der Waals surface area contributed by atoms with Gasteiger partial charge >= 0.3 is 0 Å². The Bertz CT molecular complexity index is 322. The molecule has 0 aromatic carbocycles. The fraction of sp³-hybridized carbons (Fsp3) is 0.900. The van der Waals surface area contributed by atoms with Gasteiger partial charge in [0, 0.05) is 17.7 Å². The Hall–Kier alpha value is -0.620. The number of carbonyl (C=O) groups excluding carboxylic acids is 1. The Morgan fingerprint density at radius 1 is 1.31 bits per heavy atom. The van der Waals surface area contributed by atoms with Gasteiger partial charge in [-0.05, 0) is 19.3 Å². The lowest BCUT2D eigenvalue weighted by Crippen LogP contribution is -2.37. The summed E-state index contributed by atoms with van der Waals surface area (Å²) in [5, 5.41) is 2.72. The first kappa shape index (κ1) is 15.4. The molecule has 1 amide bonds. The number of amides is 1. The summed E-state index contributed by atoms with van der Waals surface area (Å²) in [5.74, 6) is -0.403. The summed E-state index contributed by atoms with van der Waals surface area (Å²) in [4.78, 5) is 11.6. The number of rotatable bonds is 7. The molecule has 96 valence electrons. The van der Waals surface area contributed by atoms with E-state index < -0.39 is 15.5 Å². The molecule has 0 aromatic heterocycles. The lowest BCUT2D eigenvalue weighted by Gasteiger charge is -2.21. The third-order valence-electron chi connectivity index (χ3n) is 2.61. The molecular weight excluding hydrogens is 230 g/mol. The predicted octanol–water partition coefficient (Wildman–Crippen LogP) is 0.864. The molecule has 0 heterocycles. The Morgan fingerprint density at radius 3 is 2.31 bits per heavy atom. The number of unbranched alkanes of at least 4 members (excludes halogenated alkanes) is 1. The second kappa shape index (κ2) is 6.20. The Morgan fingerprint density at radius 2 is 1.88 bits per heavy atom. The normalized spacial score (nSPS) is 12.5. The van der Waals surface area contributed by atoms with Crippen molar-refractivity contribution in [1.29, 1.82) is 0 Å². The highest BCUT2D eigenvalue weighted by atomic mass is 32.2. The molecule has 0 saturated carbocycles. The highest BCUT2D eigenvalue weighted by molar-refractivity contribution is 7.85. The van der Waals surface area contributed by atoms with Crippen molar-refractivity contribution in [2.45, 2.75) is 40.0 Å². The third-order valence-corrected chi connectivity index (χ3v) is 3.39. The first-order chi connectivity index (χ1) is 7.19. The zero-order chi connectivity index (χ0) is 12.8. The minimum Gasteiger partial charge on any atom is -0.748 e. The lowest BCUT2D eigenvalue weighted by molar-refractivity contribution is -0.129. The van der Waals surface area contributed by atoms with Crippen molar-refractivity contribution >= 4 is 16.0 Å². The van der Waals surface area contributed by atoms with Crippen molar-refractivity contribution in [2.75, 3.05) is 12.3 Å². The molecule has 6 heteroatoms. The van der Waals surface area contributed by atoms with Gasteiger partial charge in [-0.25, -0.2) is 8.42 Å². The van der Waals surface area contributed by atoms with E-state index in [9.17, 15) is 17.8 Å². The van der Waals surface area contributed by atoms with Gasteiger partial charge in [0.25, 0.3) is 0 Å². The van der Waals surface area contributed by atoms with E-state index in [0.717, 1.165) is 6.42 Å². The molecule has 0 bridgehead atoms. The van der Waals surface area contributed by atoms with Gasteiger partial charge in [-0.3, -0.25) is 4.79 Å². The van der Waals surface area contributed by atoms with E-state index in [2.05, 4.69) is 5.32 Å². The molecule has 16 heavy (non-hydrogen) atoms. The maximum Gasteiger partial charge on any atom is 0.225 e. The van der Waals surface area contributed by atoms with E-state index in [4.69, 9.17) is 0 Å². The first-order valence-corrected chi connectivity index (χ1v) is 6.98. The van der Waals surface area contributed by atoms with Crippen LogP contribution < -0.4 is 5.32 Å². The van der Waals surface area contributed by atoms with E-state index in [0.29, 0.717) is 19.4 Å². The predicted molar refractivity (Wildman–Crippen MR) is 60.9 cm³/mol. The average molecular weight is 250 g/mol. The second-order valence-electron chi connectivity index (χ2n) is 4.46. The SMILES string of the molecule is CCC(C)(C)C(=O)NCCCCS(=O)(=O)[O-]. The van der Waals surface area contributed by atoms with E-state index >= 15 is 0 Å². The molecule has 0 spiro atoms. The summed E-state index contributed by atoms with van der Waals surface area (Å²) in [6.07, 6.45) is 1.54. The van der Waals surface area contributed by atoms with Gasteiger partial charge in [0.1, 0.15) is 0 Å². The van der Waals surface area contributed by atoms with Crippen molar-refractivity contribution in [3.05, 3.63) is 0 Å². The fourth-order valence-corrected chi connectivity index (χ4v) is 1.56. The Balaban J connectivity index is 3.72. The van der Waals surface area contributed by atoms with E-state index in [1.165, 1.54) is 0 Å². The molecule has 0 rings (SSSR count). The molecule has 5 nitrogen and oxygen atoms in total. The first-order valence-electron chi connectivity index (χ1n) is 5.41. The van der Waals surface area contributed by atoms with Gasteiger partial charge in [-0.2, -0.15) is 0 Å². The highest BCUT2D eigenvalue weighted by Crippen LogP contribution is 2.19. The van der Waals surface area contributed by atoms with Gasteiger partial charge in [-0.1, -0.05) is 20.8 Å². The second-order valence-corrected chi connectivity index (χ2v) is 5.99. The van der Waals surface area contributed by atoms with E-state index in [-0.39, 0.29) is 11.7 Å². The third kappa shape index (κ3) is 6.79. The highest BCUT2D eigenvalue weighted by Gasteiger charge is 2.24. The number of hydrogen-bond acceptors (Lipinski definition) is 4. The van der Waals surface area contributed by atoms with Crippen molar-refractivity contribution in [3.63, 3.8) is 0 Å². The van der Waals surface area contributed by atoms with Crippen LogP contribution in [0.5, 0.6) is 0 Å². The topological polar surface area (TPSA) is 86.3 Å². The van der Waals surface area contributed by atoms with Gasteiger partial charge in [0.15, 0.2) is 0 Å². The van der Waals surface area contributed by atoms with Crippen LogP contribution in [0.15, 0.2) is 0 Å². The minimum absolute atomic E-state index is 0.0417. The molecule has 0 unspecified atom stereocenters. The van der Waals surface area contributed by atoms with Gasteiger partial charge in [0.2, 0.25) is 5.91 Å². The summed E-state index contributed by atoms with van der Waals surface area (Å²) >= 11 is 0. The van der Waals surface area contributed by atoms with Crippen LogP contribution in [-0.2, 0) is 14.9 Å². The van der Waals surface area contributed by atoms with Gasteiger partial charge in [-0.15, -0.1) is 0 Å². The van der Waals surface area contributed by atoms with Crippen LogP contribution in [-0.4, -0.2) is 31.2 Å². The quantitative estimate of drug-likeness (QED) is 0.536. The molecule has 0 aliphatic rings. The van der Waals surface area contributed by atoms with Crippen molar-refractivity contribution < 1.29 is 17.8 Å². The molecule has 0 aliphatic carbocycles. The zero-order valence-electron chi connectivity index (χ0n) is 10.1. The van der Waals surface area contributed by atoms with Crippen molar-refractivity contribution in [1.82, 2.24) is 5.32 Å². The molecule has 0 saturated heterocycles. The molecule has 0 aromatic rings. The smallest absolute Gasteiger partial charge is 0.225 e. The molecule has 0 fully saturated rings. The molecule has 0 atom stereocenters. The van der Waals surface area contributed by atoms with Gasteiger partial charge in [0.05, 0.1) is 10.1 Å². The van der Waals surface area contributed by atoms with Crippen LogP contribution in [0.4, 0.5) is 0 Å². The maximum absolute atomic E-state index is 11.6. The minimum atomic E-state index is -4.12. The van der Waals surface area contributed by atoms with E-state index in [1.807, 2.05) is 20.8 Å². The summed E-state index contributed by atoms with van der Waals surface area (Å²) in [5.41, 5.74) is -0.398. The van der Waals surface area contributed by atoms with Crippen molar-refractivity contribution in [3.8, 4) is 0 Å². The Kier molecular flexibility index (Phi) is 5.96. The van der Waals surface area contributed by atoms with Crippen LogP contribution in [0, 0.1) is 5.41 Å². The monoisotopic (exact) mass is 250 g/mol. The fourth-order valence-electron chi connectivity index (χ4n) is 1.01. The number of carbonyl (C=O) groups is 1. The van der Waals surface area contributed by atoms with Crippen LogP contribution in [0.25, 0.3) is 0 Å². The molecular formula is C10H20NO4S-. The zero-order valence-corrected chi connectivity index (χ0v) is 10.9. The molecule has 0 radical (unpaired) electrons. The summed E-state index contributed by atoms with van der Waals surface area (Å²) in [6, 6.07) is 0. The largest absolute Gasteiger partial charge is 0.748 e. The van der Waals surface area contributed by atoms with Crippen LogP contribution in [0.3, 0.4) is 0 Å².